The summed E-state index contributed by atoms with van der Waals surface area (Å²) in [6.07, 6.45) is 4.55. The minimum absolute atomic E-state index is 0.0317. The summed E-state index contributed by atoms with van der Waals surface area (Å²) in [5.74, 6) is 0.898. The summed E-state index contributed by atoms with van der Waals surface area (Å²) in [6, 6.07) is 12.8. The predicted molar refractivity (Wildman–Crippen MR) is 103 cm³/mol. The fourth-order valence-electron chi connectivity index (χ4n) is 2.39. The zero-order chi connectivity index (χ0) is 19.5. The monoisotopic (exact) mass is 372 g/mol. The van der Waals surface area contributed by atoms with Gasteiger partial charge in [0.1, 0.15) is 11.5 Å². The molecule has 2 rings (SSSR count). The average molecular weight is 372 g/mol. The van der Waals surface area contributed by atoms with Gasteiger partial charge in [-0.2, -0.15) is 0 Å². The number of non-ortho nitro benzene ring substituents is 1. The summed E-state index contributed by atoms with van der Waals surface area (Å²) in [6.45, 7) is 2.65. The van der Waals surface area contributed by atoms with E-state index in [1.807, 2.05) is 12.1 Å². The van der Waals surface area contributed by atoms with E-state index in [4.69, 9.17) is 9.47 Å². The Hall–Kier alpha value is -3.09. The van der Waals surface area contributed by atoms with Gasteiger partial charge in [0.05, 0.1) is 11.5 Å². The molecule has 7 nitrogen and oxygen atoms in total. The lowest BCUT2D eigenvalue weighted by Gasteiger charge is -2.10. The van der Waals surface area contributed by atoms with Crippen LogP contribution in [-0.2, 0) is 4.79 Å². The van der Waals surface area contributed by atoms with Gasteiger partial charge < -0.3 is 14.8 Å². The highest BCUT2D eigenvalue weighted by Crippen LogP contribution is 2.20. The number of rotatable bonds is 11. The van der Waals surface area contributed by atoms with Crippen molar-refractivity contribution in [3.05, 3.63) is 58.6 Å². The van der Waals surface area contributed by atoms with Crippen LogP contribution in [0.2, 0.25) is 0 Å². The van der Waals surface area contributed by atoms with Gasteiger partial charge in [0, 0.05) is 23.9 Å². The molecule has 0 aliphatic heterocycles. The molecule has 7 heteroatoms. The molecule has 0 saturated carbocycles. The highest BCUT2D eigenvalue weighted by molar-refractivity contribution is 5.91. The molecule has 27 heavy (non-hydrogen) atoms. The molecule has 0 atom stereocenters. The molecule has 144 valence electrons. The van der Waals surface area contributed by atoms with E-state index in [0.29, 0.717) is 23.8 Å². The van der Waals surface area contributed by atoms with Crippen molar-refractivity contribution in [3.63, 3.8) is 0 Å². The van der Waals surface area contributed by atoms with E-state index >= 15 is 0 Å². The first kappa shape index (κ1) is 20.2. The lowest BCUT2D eigenvalue weighted by atomic mass is 10.2. The number of anilines is 1. The number of hydrogen-bond acceptors (Lipinski definition) is 5. The zero-order valence-electron chi connectivity index (χ0n) is 15.3. The second-order valence-corrected chi connectivity index (χ2v) is 6.02. The first-order valence-electron chi connectivity index (χ1n) is 8.98. The molecule has 0 saturated heterocycles. The molecule has 1 amide bonds. The maximum Gasteiger partial charge on any atom is 0.269 e. The van der Waals surface area contributed by atoms with Crippen LogP contribution in [0.1, 0.15) is 32.6 Å². The molecule has 0 bridgehead atoms. The summed E-state index contributed by atoms with van der Waals surface area (Å²) < 4.78 is 11.2. The van der Waals surface area contributed by atoms with Gasteiger partial charge in [-0.05, 0) is 30.7 Å². The van der Waals surface area contributed by atoms with Crippen molar-refractivity contribution in [3.8, 4) is 11.5 Å². The largest absolute Gasteiger partial charge is 0.493 e. The lowest BCUT2D eigenvalue weighted by Crippen LogP contribution is -2.20. The molecule has 0 fully saturated rings. The number of carbonyl (C=O) groups is 1. The van der Waals surface area contributed by atoms with Gasteiger partial charge in [0.25, 0.3) is 11.6 Å². The Balaban J connectivity index is 1.77. The Labute approximate surface area is 158 Å². The summed E-state index contributed by atoms with van der Waals surface area (Å²) in [4.78, 5) is 22.1. The van der Waals surface area contributed by atoms with E-state index in [2.05, 4.69) is 12.2 Å². The van der Waals surface area contributed by atoms with E-state index in [1.54, 1.807) is 12.1 Å². The second kappa shape index (κ2) is 10.8. The minimum atomic E-state index is -0.492. The number of hydrogen-bond donors (Lipinski definition) is 1. The second-order valence-electron chi connectivity index (χ2n) is 6.02. The third kappa shape index (κ3) is 7.35. The van der Waals surface area contributed by atoms with Crippen molar-refractivity contribution in [2.75, 3.05) is 18.5 Å². The summed E-state index contributed by atoms with van der Waals surface area (Å²) in [7, 11) is 0. The Morgan fingerprint density at radius 2 is 1.74 bits per heavy atom. The van der Waals surface area contributed by atoms with E-state index in [9.17, 15) is 14.9 Å². The summed E-state index contributed by atoms with van der Waals surface area (Å²) in [5, 5.41) is 13.3. The van der Waals surface area contributed by atoms with E-state index < -0.39 is 4.92 Å². The van der Waals surface area contributed by atoms with Crippen LogP contribution in [0.4, 0.5) is 11.4 Å². The van der Waals surface area contributed by atoms with Crippen LogP contribution in [0, 0.1) is 10.1 Å². The SMILES string of the molecule is CCCCCCOc1cccc(OCC(=O)Nc2ccc([N+](=O)[O-])cc2)c1. The summed E-state index contributed by atoms with van der Waals surface area (Å²) in [5.41, 5.74) is 0.439. The number of nitrogens with zero attached hydrogens (tertiary/aromatic N) is 1. The van der Waals surface area contributed by atoms with Gasteiger partial charge in [-0.3, -0.25) is 14.9 Å². The van der Waals surface area contributed by atoms with Crippen molar-refractivity contribution in [2.24, 2.45) is 0 Å². The van der Waals surface area contributed by atoms with Crippen LogP contribution < -0.4 is 14.8 Å². The lowest BCUT2D eigenvalue weighted by molar-refractivity contribution is -0.384. The van der Waals surface area contributed by atoms with Gasteiger partial charge in [0.2, 0.25) is 0 Å². The number of nitro benzene ring substituents is 1. The number of amides is 1. The Morgan fingerprint density at radius 1 is 1.04 bits per heavy atom. The molecule has 2 aromatic rings. The number of benzene rings is 2. The van der Waals surface area contributed by atoms with Crippen LogP contribution >= 0.6 is 0 Å². The van der Waals surface area contributed by atoms with Crippen LogP contribution in [0.25, 0.3) is 0 Å². The van der Waals surface area contributed by atoms with Crippen molar-refractivity contribution >= 4 is 17.3 Å². The van der Waals surface area contributed by atoms with Crippen LogP contribution in [0.15, 0.2) is 48.5 Å². The maximum atomic E-state index is 12.0. The Bertz CT molecular complexity index is 746. The van der Waals surface area contributed by atoms with Gasteiger partial charge in [-0.15, -0.1) is 0 Å². The fourth-order valence-corrected chi connectivity index (χ4v) is 2.39. The van der Waals surface area contributed by atoms with E-state index in [-0.39, 0.29) is 18.2 Å². The smallest absolute Gasteiger partial charge is 0.269 e. The first-order valence-corrected chi connectivity index (χ1v) is 8.98. The van der Waals surface area contributed by atoms with Crippen molar-refractivity contribution < 1.29 is 19.2 Å². The van der Waals surface area contributed by atoms with Crippen LogP contribution in [-0.4, -0.2) is 24.0 Å². The normalized spacial score (nSPS) is 10.3. The number of unbranched alkanes of at least 4 members (excludes halogenated alkanes) is 3. The molecule has 0 heterocycles. The van der Waals surface area contributed by atoms with Gasteiger partial charge in [-0.1, -0.05) is 32.3 Å². The van der Waals surface area contributed by atoms with Crippen molar-refractivity contribution in [1.82, 2.24) is 0 Å². The average Bonchev–Trinajstić information content (AvgIpc) is 2.67. The van der Waals surface area contributed by atoms with Crippen molar-refractivity contribution in [1.29, 1.82) is 0 Å². The standard InChI is InChI=1S/C20H24N2O5/c1-2-3-4-5-13-26-18-7-6-8-19(14-18)27-15-20(23)21-16-9-11-17(12-10-16)22(24)25/h6-12,14H,2-5,13,15H2,1H3,(H,21,23). The number of ether oxygens (including phenoxy) is 2. The van der Waals surface area contributed by atoms with Gasteiger partial charge in [0.15, 0.2) is 6.61 Å². The molecular formula is C20H24N2O5. The molecule has 2 aromatic carbocycles. The van der Waals surface area contributed by atoms with Crippen molar-refractivity contribution in [2.45, 2.75) is 32.6 Å². The zero-order valence-corrected chi connectivity index (χ0v) is 15.3. The fraction of sp³-hybridized carbons (Fsp3) is 0.350. The minimum Gasteiger partial charge on any atom is -0.493 e. The highest BCUT2D eigenvalue weighted by atomic mass is 16.6. The Morgan fingerprint density at radius 3 is 2.41 bits per heavy atom. The molecule has 0 radical (unpaired) electrons. The molecule has 0 aliphatic rings. The molecule has 1 N–H and O–H groups in total. The van der Waals surface area contributed by atoms with Gasteiger partial charge >= 0.3 is 0 Å². The number of nitro groups is 1. The molecule has 0 aliphatic carbocycles. The number of nitrogens with one attached hydrogen (secondary N) is 1. The quantitative estimate of drug-likeness (QED) is 0.354. The highest BCUT2D eigenvalue weighted by Gasteiger charge is 2.07. The third-order valence-corrected chi connectivity index (χ3v) is 3.80. The first-order chi connectivity index (χ1) is 13.1. The molecule has 0 aromatic heterocycles. The maximum absolute atomic E-state index is 12.0. The van der Waals surface area contributed by atoms with Crippen LogP contribution in [0.5, 0.6) is 11.5 Å². The number of carbonyl (C=O) groups excluding carboxylic acids is 1. The topological polar surface area (TPSA) is 90.7 Å². The summed E-state index contributed by atoms with van der Waals surface area (Å²) >= 11 is 0. The molecule has 0 spiro atoms. The third-order valence-electron chi connectivity index (χ3n) is 3.80. The van der Waals surface area contributed by atoms with E-state index in [0.717, 1.165) is 12.8 Å². The Kier molecular flexibility index (Phi) is 8.09. The van der Waals surface area contributed by atoms with E-state index in [1.165, 1.54) is 37.1 Å². The van der Waals surface area contributed by atoms with Gasteiger partial charge in [-0.25, -0.2) is 0 Å². The predicted octanol–water partition coefficient (Wildman–Crippen LogP) is 4.57. The van der Waals surface area contributed by atoms with Crippen LogP contribution in [0.3, 0.4) is 0 Å². The molecular weight excluding hydrogens is 348 g/mol. The molecule has 0 unspecified atom stereocenters.